The van der Waals surface area contributed by atoms with Gasteiger partial charge in [-0.05, 0) is 42.5 Å². The van der Waals surface area contributed by atoms with Gasteiger partial charge in [-0.1, -0.05) is 18.2 Å². The first-order valence-electron chi connectivity index (χ1n) is 7.54. The molecule has 2 heterocycles. The Kier molecular flexibility index (Phi) is 3.84. The van der Waals surface area contributed by atoms with Gasteiger partial charge < -0.3 is 9.32 Å². The Labute approximate surface area is 143 Å². The highest BCUT2D eigenvalue weighted by atomic mass is 32.1. The van der Waals surface area contributed by atoms with Crippen molar-refractivity contribution in [3.8, 4) is 0 Å². The van der Waals surface area contributed by atoms with E-state index < -0.39 is 0 Å². The van der Waals surface area contributed by atoms with E-state index in [-0.39, 0.29) is 5.91 Å². The van der Waals surface area contributed by atoms with E-state index in [2.05, 4.69) is 4.98 Å². The Morgan fingerprint density at radius 2 is 1.96 bits per heavy atom. The third-order valence-corrected chi connectivity index (χ3v) is 4.58. The molecule has 0 spiro atoms. The van der Waals surface area contributed by atoms with Crippen LogP contribution < -0.4 is 4.90 Å². The molecule has 0 fully saturated rings. The molecule has 118 valence electrons. The van der Waals surface area contributed by atoms with Crippen LogP contribution in [0.4, 0.5) is 5.69 Å². The summed E-state index contributed by atoms with van der Waals surface area (Å²) in [5, 5.41) is 0. The van der Waals surface area contributed by atoms with Crippen molar-refractivity contribution in [2.75, 3.05) is 4.90 Å². The molecule has 4 aromatic rings. The summed E-state index contributed by atoms with van der Waals surface area (Å²) in [6.07, 6.45) is 1.62. The number of hydrogen-bond donors (Lipinski definition) is 0. The van der Waals surface area contributed by atoms with Crippen molar-refractivity contribution in [2.24, 2.45) is 0 Å². The summed E-state index contributed by atoms with van der Waals surface area (Å²) in [7, 11) is 0. The third-order valence-electron chi connectivity index (χ3n) is 3.79. The Bertz CT molecular complexity index is 961. The third kappa shape index (κ3) is 2.81. The number of fused-ring (bicyclic) bond motifs is 1. The number of amides is 1. The molecule has 4 nitrogen and oxygen atoms in total. The van der Waals surface area contributed by atoms with Gasteiger partial charge in [-0.25, -0.2) is 4.98 Å². The van der Waals surface area contributed by atoms with E-state index in [1.165, 1.54) is 11.3 Å². The van der Waals surface area contributed by atoms with Gasteiger partial charge in [-0.2, -0.15) is 0 Å². The molecule has 0 saturated heterocycles. The number of benzene rings is 2. The SMILES string of the molecule is O=C(c1ccc2ncsc2c1)N(Cc1ccco1)c1ccccc1. The smallest absolute Gasteiger partial charge is 0.258 e. The molecule has 2 aromatic heterocycles. The zero-order valence-electron chi connectivity index (χ0n) is 12.8. The zero-order valence-corrected chi connectivity index (χ0v) is 13.6. The number of hydrogen-bond acceptors (Lipinski definition) is 4. The Morgan fingerprint density at radius 1 is 1.08 bits per heavy atom. The molecule has 0 saturated carbocycles. The van der Waals surface area contributed by atoms with Crippen LogP contribution in [0.3, 0.4) is 0 Å². The van der Waals surface area contributed by atoms with Gasteiger partial charge in [0.25, 0.3) is 5.91 Å². The Morgan fingerprint density at radius 3 is 2.75 bits per heavy atom. The van der Waals surface area contributed by atoms with E-state index in [0.29, 0.717) is 12.1 Å². The summed E-state index contributed by atoms with van der Waals surface area (Å²) >= 11 is 1.53. The highest BCUT2D eigenvalue weighted by molar-refractivity contribution is 7.16. The summed E-state index contributed by atoms with van der Waals surface area (Å²) in [6, 6.07) is 18.9. The van der Waals surface area contributed by atoms with Gasteiger partial charge in [0.1, 0.15) is 5.76 Å². The van der Waals surface area contributed by atoms with Gasteiger partial charge >= 0.3 is 0 Å². The number of nitrogens with zero attached hydrogens (tertiary/aromatic N) is 2. The standard InChI is InChI=1S/C19H14N2O2S/c22-19(14-8-9-17-18(11-14)24-13-20-17)21(12-16-7-4-10-23-16)15-5-2-1-3-6-15/h1-11,13H,12H2. The maximum atomic E-state index is 13.1. The molecule has 0 N–H and O–H groups in total. The predicted molar refractivity (Wildman–Crippen MR) is 95.3 cm³/mol. The highest BCUT2D eigenvalue weighted by Gasteiger charge is 2.19. The lowest BCUT2D eigenvalue weighted by Gasteiger charge is -2.22. The molecule has 1 amide bonds. The highest BCUT2D eigenvalue weighted by Crippen LogP contribution is 2.24. The van der Waals surface area contributed by atoms with Gasteiger partial charge in [0.2, 0.25) is 0 Å². The fourth-order valence-electron chi connectivity index (χ4n) is 2.59. The van der Waals surface area contributed by atoms with Crippen molar-refractivity contribution >= 4 is 33.1 Å². The van der Waals surface area contributed by atoms with Crippen molar-refractivity contribution in [3.63, 3.8) is 0 Å². The summed E-state index contributed by atoms with van der Waals surface area (Å²) < 4.78 is 6.43. The van der Waals surface area contributed by atoms with Gasteiger partial charge in [-0.15, -0.1) is 11.3 Å². The van der Waals surface area contributed by atoms with E-state index in [0.717, 1.165) is 21.7 Å². The number of thiazole rings is 1. The summed E-state index contributed by atoms with van der Waals surface area (Å²) in [4.78, 5) is 19.1. The van der Waals surface area contributed by atoms with Crippen LogP contribution in [0.2, 0.25) is 0 Å². The normalized spacial score (nSPS) is 10.8. The summed E-state index contributed by atoms with van der Waals surface area (Å²) in [5.41, 5.74) is 4.18. The van der Waals surface area contributed by atoms with Crippen LogP contribution in [0.25, 0.3) is 10.2 Å². The lowest BCUT2D eigenvalue weighted by molar-refractivity contribution is 0.0983. The number of furan rings is 1. The molecule has 4 rings (SSSR count). The largest absolute Gasteiger partial charge is 0.467 e. The molecule has 0 aliphatic rings. The van der Waals surface area contributed by atoms with Gasteiger partial charge in [-0.3, -0.25) is 4.79 Å². The van der Waals surface area contributed by atoms with E-state index in [9.17, 15) is 4.79 Å². The quantitative estimate of drug-likeness (QED) is 0.542. The average molecular weight is 334 g/mol. The second-order valence-electron chi connectivity index (χ2n) is 5.34. The second kappa shape index (κ2) is 6.29. The maximum Gasteiger partial charge on any atom is 0.258 e. The topological polar surface area (TPSA) is 46.3 Å². The van der Waals surface area contributed by atoms with Crippen LogP contribution in [-0.2, 0) is 6.54 Å². The van der Waals surface area contributed by atoms with E-state index >= 15 is 0 Å². The molecule has 5 heteroatoms. The number of carbonyl (C=O) groups is 1. The van der Waals surface area contributed by atoms with Crippen molar-refractivity contribution < 1.29 is 9.21 Å². The number of carbonyl (C=O) groups excluding carboxylic acids is 1. The first-order valence-corrected chi connectivity index (χ1v) is 8.42. The van der Waals surface area contributed by atoms with Crippen molar-refractivity contribution in [3.05, 3.63) is 83.8 Å². The summed E-state index contributed by atoms with van der Waals surface area (Å²) in [6.45, 7) is 0.385. The van der Waals surface area contributed by atoms with Gasteiger partial charge in [0.05, 0.1) is 28.5 Å². The van der Waals surface area contributed by atoms with E-state index in [1.54, 1.807) is 16.7 Å². The molecule has 0 aliphatic heterocycles. The van der Waals surface area contributed by atoms with Crippen LogP contribution >= 0.6 is 11.3 Å². The zero-order chi connectivity index (χ0) is 16.4. The van der Waals surface area contributed by atoms with E-state index in [4.69, 9.17) is 4.42 Å². The minimum absolute atomic E-state index is 0.0621. The Hall–Kier alpha value is -2.92. The molecule has 2 aromatic carbocycles. The van der Waals surface area contributed by atoms with Gasteiger partial charge in [0, 0.05) is 11.3 Å². The summed E-state index contributed by atoms with van der Waals surface area (Å²) in [5.74, 6) is 0.680. The Balaban J connectivity index is 1.72. The van der Waals surface area contributed by atoms with Crippen LogP contribution in [0.5, 0.6) is 0 Å². The fraction of sp³-hybridized carbons (Fsp3) is 0.0526. The van der Waals surface area contributed by atoms with Crippen LogP contribution in [-0.4, -0.2) is 10.9 Å². The molecule has 0 aliphatic carbocycles. The number of rotatable bonds is 4. The average Bonchev–Trinajstić information content (AvgIpc) is 3.30. The molecule has 0 bridgehead atoms. The molecule has 0 unspecified atom stereocenters. The maximum absolute atomic E-state index is 13.1. The first-order chi connectivity index (χ1) is 11.8. The van der Waals surface area contributed by atoms with Crippen LogP contribution in [0.15, 0.2) is 76.9 Å². The van der Waals surface area contributed by atoms with Crippen molar-refractivity contribution in [1.29, 1.82) is 0 Å². The molecule has 0 atom stereocenters. The molecule has 24 heavy (non-hydrogen) atoms. The monoisotopic (exact) mass is 334 g/mol. The number of aromatic nitrogens is 1. The minimum atomic E-state index is -0.0621. The van der Waals surface area contributed by atoms with E-state index in [1.807, 2.05) is 60.7 Å². The predicted octanol–water partition coefficient (Wildman–Crippen LogP) is 4.74. The van der Waals surface area contributed by atoms with Crippen LogP contribution in [0.1, 0.15) is 16.1 Å². The first kappa shape index (κ1) is 14.7. The second-order valence-corrected chi connectivity index (χ2v) is 6.23. The lowest BCUT2D eigenvalue weighted by atomic mass is 10.1. The number of anilines is 1. The van der Waals surface area contributed by atoms with Crippen molar-refractivity contribution in [1.82, 2.24) is 4.98 Å². The van der Waals surface area contributed by atoms with Crippen LogP contribution in [0, 0.1) is 0 Å². The molecular formula is C19H14N2O2S. The molecule has 0 radical (unpaired) electrons. The lowest BCUT2D eigenvalue weighted by Crippen LogP contribution is -2.30. The fourth-order valence-corrected chi connectivity index (χ4v) is 3.31. The van der Waals surface area contributed by atoms with Crippen molar-refractivity contribution in [2.45, 2.75) is 6.54 Å². The van der Waals surface area contributed by atoms with Gasteiger partial charge in [0.15, 0.2) is 0 Å². The molecular weight excluding hydrogens is 320 g/mol. The number of para-hydroxylation sites is 1. The minimum Gasteiger partial charge on any atom is -0.467 e.